The maximum Gasteiger partial charge on any atom is 0.465 e. The summed E-state index contributed by atoms with van der Waals surface area (Å²) in [5, 5.41) is 0. The van der Waals surface area contributed by atoms with Gasteiger partial charge in [0.25, 0.3) is 0 Å². The summed E-state index contributed by atoms with van der Waals surface area (Å²) < 4.78 is 79.7. The highest BCUT2D eigenvalue weighted by Gasteiger charge is 2.77. The predicted octanol–water partition coefficient (Wildman–Crippen LogP) is 1.77. The van der Waals surface area contributed by atoms with Gasteiger partial charge in [-0.05, 0) is 0 Å². The number of hydrogen-bond donors (Lipinski definition) is 0. The summed E-state index contributed by atoms with van der Waals surface area (Å²) >= 11 is 0. The van der Waals surface area contributed by atoms with Crippen molar-refractivity contribution in [3.63, 3.8) is 0 Å². The van der Waals surface area contributed by atoms with Crippen LogP contribution in [-0.4, -0.2) is 30.7 Å². The molecule has 0 aliphatic carbocycles. The normalized spacial score (nSPS) is 22.4. The zero-order chi connectivity index (χ0) is 11.9. The number of carbonyl (C=O) groups is 1. The summed E-state index contributed by atoms with van der Waals surface area (Å²) in [4.78, 5) is 10.5. The molecule has 0 unspecified atom stereocenters. The molecule has 0 aromatic carbocycles. The van der Waals surface area contributed by atoms with Crippen molar-refractivity contribution in [3.05, 3.63) is 0 Å². The fourth-order valence-electron chi connectivity index (χ4n) is 0.959. The monoisotopic (exact) mass is 238 g/mol. The van der Waals surface area contributed by atoms with Gasteiger partial charge in [0.15, 0.2) is 0 Å². The van der Waals surface area contributed by atoms with Gasteiger partial charge in [-0.3, -0.25) is 4.79 Å². The predicted molar refractivity (Wildman–Crippen MR) is 31.5 cm³/mol. The second-order valence-electron chi connectivity index (χ2n) is 2.68. The smallest absolute Gasteiger partial charge is 0.416 e. The van der Waals surface area contributed by atoms with Crippen LogP contribution in [-0.2, 0) is 14.3 Å². The van der Waals surface area contributed by atoms with Gasteiger partial charge < -0.3 is 9.47 Å². The fourth-order valence-corrected chi connectivity index (χ4v) is 0.959. The number of ether oxygens (including phenoxy) is 2. The molecular weight excluding hydrogens is 234 g/mol. The fraction of sp³-hybridized carbons (Fsp3) is 0.833. The molecule has 0 spiro atoms. The summed E-state index contributed by atoms with van der Waals surface area (Å²) in [6.45, 7) is -0.988. The van der Waals surface area contributed by atoms with E-state index >= 15 is 0 Å². The second-order valence-corrected chi connectivity index (χ2v) is 2.68. The lowest BCUT2D eigenvalue weighted by atomic mass is 10.2. The molecule has 3 nitrogen and oxygen atoms in total. The number of hydrogen-bond acceptors (Lipinski definition) is 3. The summed E-state index contributed by atoms with van der Waals surface area (Å²) in [5.41, 5.74) is 0. The Balaban J connectivity index is 3.13. The van der Waals surface area contributed by atoms with Crippen molar-refractivity contribution >= 4 is 5.97 Å². The van der Waals surface area contributed by atoms with Crippen molar-refractivity contribution in [3.8, 4) is 0 Å². The van der Waals surface area contributed by atoms with Crippen LogP contribution in [0.5, 0.6) is 0 Å². The van der Waals surface area contributed by atoms with Crippen LogP contribution < -0.4 is 0 Å². The van der Waals surface area contributed by atoms with Gasteiger partial charge in [-0.2, -0.15) is 26.3 Å². The molecule has 0 aromatic rings. The van der Waals surface area contributed by atoms with Crippen molar-refractivity contribution in [2.24, 2.45) is 0 Å². The van der Waals surface area contributed by atoms with E-state index in [0.29, 0.717) is 0 Å². The molecule has 0 bridgehead atoms. The summed E-state index contributed by atoms with van der Waals surface area (Å²) in [6.07, 6.45) is -12.4. The Morgan fingerprint density at radius 1 is 1.07 bits per heavy atom. The first-order chi connectivity index (χ1) is 6.60. The largest absolute Gasteiger partial charge is 0.465 e. The molecule has 9 heteroatoms. The third-order valence-electron chi connectivity index (χ3n) is 1.62. The van der Waals surface area contributed by atoms with Crippen molar-refractivity contribution < 1.29 is 40.6 Å². The maximum atomic E-state index is 12.1. The SMILES string of the molecule is O=C1CCOC(C(F)(F)F)(C(F)(F)F)O1. The Kier molecular flexibility index (Phi) is 2.62. The molecule has 1 saturated heterocycles. The van der Waals surface area contributed by atoms with Crippen LogP contribution in [0.1, 0.15) is 6.42 Å². The first-order valence-corrected chi connectivity index (χ1v) is 3.59. The van der Waals surface area contributed by atoms with Crippen LogP contribution in [0, 0.1) is 0 Å². The van der Waals surface area contributed by atoms with E-state index in [2.05, 4.69) is 9.47 Å². The van der Waals surface area contributed by atoms with E-state index in [1.807, 2.05) is 0 Å². The summed E-state index contributed by atoms with van der Waals surface area (Å²) in [5.74, 6) is -6.43. The third kappa shape index (κ3) is 1.87. The molecule has 1 aliphatic heterocycles. The first kappa shape index (κ1) is 12.1. The van der Waals surface area contributed by atoms with Crippen LogP contribution in [0.2, 0.25) is 0 Å². The van der Waals surface area contributed by atoms with E-state index in [1.54, 1.807) is 0 Å². The molecule has 1 aliphatic rings. The Morgan fingerprint density at radius 2 is 1.53 bits per heavy atom. The van der Waals surface area contributed by atoms with Crippen LogP contribution in [0.15, 0.2) is 0 Å². The molecule has 88 valence electrons. The Morgan fingerprint density at radius 3 is 1.80 bits per heavy atom. The third-order valence-corrected chi connectivity index (χ3v) is 1.62. The molecule has 0 radical (unpaired) electrons. The summed E-state index contributed by atoms with van der Waals surface area (Å²) in [7, 11) is 0. The number of esters is 1. The lowest BCUT2D eigenvalue weighted by Gasteiger charge is -2.37. The average molecular weight is 238 g/mol. The average Bonchev–Trinajstić information content (AvgIpc) is 1.99. The Hall–Kier alpha value is -0.990. The number of rotatable bonds is 0. The minimum absolute atomic E-state index is 0.645. The molecule has 15 heavy (non-hydrogen) atoms. The molecule has 1 fully saturated rings. The van der Waals surface area contributed by atoms with E-state index in [0.717, 1.165) is 0 Å². The first-order valence-electron chi connectivity index (χ1n) is 3.59. The van der Waals surface area contributed by atoms with Crippen molar-refractivity contribution in [1.29, 1.82) is 0 Å². The van der Waals surface area contributed by atoms with Crippen molar-refractivity contribution in [2.45, 2.75) is 24.6 Å². The van der Waals surface area contributed by atoms with Crippen LogP contribution in [0.25, 0.3) is 0 Å². The van der Waals surface area contributed by atoms with Gasteiger partial charge in [-0.15, -0.1) is 0 Å². The minimum atomic E-state index is -5.86. The van der Waals surface area contributed by atoms with Gasteiger partial charge >= 0.3 is 24.1 Å². The molecule has 0 saturated carbocycles. The quantitative estimate of drug-likeness (QED) is 0.476. The molecule has 0 N–H and O–H groups in total. The Bertz CT molecular complexity index is 253. The van der Waals surface area contributed by atoms with Crippen molar-refractivity contribution in [2.75, 3.05) is 6.61 Å². The number of carbonyl (C=O) groups excluding carboxylic acids is 1. The lowest BCUT2D eigenvalue weighted by molar-refractivity contribution is -0.463. The van der Waals surface area contributed by atoms with Gasteiger partial charge in [-0.1, -0.05) is 0 Å². The van der Waals surface area contributed by atoms with Gasteiger partial charge in [0.05, 0.1) is 13.0 Å². The van der Waals surface area contributed by atoms with E-state index < -0.39 is 37.1 Å². The van der Waals surface area contributed by atoms with E-state index in [1.165, 1.54) is 0 Å². The topological polar surface area (TPSA) is 35.5 Å². The van der Waals surface area contributed by atoms with E-state index in [4.69, 9.17) is 0 Å². The van der Waals surface area contributed by atoms with Gasteiger partial charge in [-0.25, -0.2) is 0 Å². The highest BCUT2D eigenvalue weighted by atomic mass is 19.4. The van der Waals surface area contributed by atoms with Crippen LogP contribution in [0.4, 0.5) is 26.3 Å². The number of cyclic esters (lactones) is 1. The van der Waals surface area contributed by atoms with Crippen molar-refractivity contribution in [1.82, 2.24) is 0 Å². The number of halogens is 6. The number of alkyl halides is 6. The minimum Gasteiger partial charge on any atom is -0.416 e. The maximum absolute atomic E-state index is 12.1. The highest BCUT2D eigenvalue weighted by Crippen LogP contribution is 2.48. The molecule has 0 atom stereocenters. The van der Waals surface area contributed by atoms with Gasteiger partial charge in [0.2, 0.25) is 0 Å². The van der Waals surface area contributed by atoms with Crippen LogP contribution >= 0.6 is 0 Å². The molecule has 0 amide bonds. The zero-order valence-electron chi connectivity index (χ0n) is 6.91. The lowest BCUT2D eigenvalue weighted by Crippen LogP contribution is -2.63. The van der Waals surface area contributed by atoms with E-state index in [-0.39, 0.29) is 0 Å². The molecule has 1 rings (SSSR count). The van der Waals surface area contributed by atoms with E-state index in [9.17, 15) is 31.1 Å². The van der Waals surface area contributed by atoms with Gasteiger partial charge in [0.1, 0.15) is 0 Å². The Labute approximate surface area is 78.9 Å². The molecule has 0 aromatic heterocycles. The highest BCUT2D eigenvalue weighted by molar-refractivity contribution is 5.70. The zero-order valence-corrected chi connectivity index (χ0v) is 6.91. The summed E-state index contributed by atoms with van der Waals surface area (Å²) in [6, 6.07) is 0. The molecular formula is C6H4F6O3. The van der Waals surface area contributed by atoms with Crippen LogP contribution in [0.3, 0.4) is 0 Å². The van der Waals surface area contributed by atoms with Gasteiger partial charge in [0, 0.05) is 0 Å². The molecule has 1 heterocycles. The standard InChI is InChI=1S/C6H4F6O3/c7-5(8,9)4(6(10,11)12)14-2-1-3(13)15-4/h1-2H2. The second kappa shape index (κ2) is 3.26.